The van der Waals surface area contributed by atoms with Gasteiger partial charge in [0.15, 0.2) is 5.82 Å². The zero-order valence-electron chi connectivity index (χ0n) is 24.1. The molecule has 0 spiro atoms. The molecule has 5 rings (SSSR count). The van der Waals surface area contributed by atoms with Crippen LogP contribution < -0.4 is 4.74 Å². The van der Waals surface area contributed by atoms with Crippen molar-refractivity contribution >= 4 is 0 Å². The number of benzene rings is 4. The normalized spacial score (nSPS) is 11.9. The molecule has 4 aromatic carbocycles. The number of allylic oxidation sites excluding steroid dienone is 1. The van der Waals surface area contributed by atoms with Gasteiger partial charge in [-0.1, -0.05) is 30.3 Å². The van der Waals surface area contributed by atoms with E-state index in [2.05, 4.69) is 21.3 Å². The maximum atomic E-state index is 15.2. The van der Waals surface area contributed by atoms with E-state index in [1.54, 1.807) is 18.5 Å². The minimum atomic E-state index is -5.51. The average Bonchev–Trinajstić information content (AvgIpc) is 2.98. The Hall–Kier alpha value is -5.27. The third-order valence-electron chi connectivity index (χ3n) is 7.04. The number of halogens is 11. The van der Waals surface area contributed by atoms with E-state index in [1.807, 2.05) is 0 Å². The van der Waals surface area contributed by atoms with Crippen LogP contribution in [0.2, 0.25) is 0 Å². The molecule has 14 heteroatoms. The predicted octanol–water partition coefficient (Wildman–Crippen LogP) is 10.6. The second kappa shape index (κ2) is 13.1. The Kier molecular flexibility index (Phi) is 9.29. The summed E-state index contributed by atoms with van der Waals surface area (Å²) in [6.45, 7) is 3.64. The molecule has 0 amide bonds. The molecule has 0 radical (unpaired) electrons. The van der Waals surface area contributed by atoms with Crippen molar-refractivity contribution in [3.05, 3.63) is 137 Å². The lowest BCUT2D eigenvalue weighted by atomic mass is 9.97. The molecule has 5 aromatic rings. The molecule has 1 aromatic heterocycles. The highest BCUT2D eigenvalue weighted by Gasteiger charge is 2.43. The summed E-state index contributed by atoms with van der Waals surface area (Å²) in [6.07, 6.45) is -4.16. The third kappa shape index (κ3) is 7.02. The van der Waals surface area contributed by atoms with Crippen molar-refractivity contribution in [3.63, 3.8) is 0 Å². The molecule has 0 fully saturated rings. The molecule has 1 heterocycles. The van der Waals surface area contributed by atoms with Crippen molar-refractivity contribution in [1.29, 1.82) is 0 Å². The first-order valence-corrected chi connectivity index (χ1v) is 13.7. The molecule has 0 saturated heterocycles. The number of nitrogens with zero attached hydrogens (tertiary/aromatic N) is 2. The Morgan fingerprint density at radius 1 is 0.604 bits per heavy atom. The van der Waals surface area contributed by atoms with Crippen LogP contribution in [-0.4, -0.2) is 9.97 Å². The van der Waals surface area contributed by atoms with Gasteiger partial charge in [0.05, 0.1) is 0 Å². The minimum absolute atomic E-state index is 0.0227. The van der Waals surface area contributed by atoms with Crippen molar-refractivity contribution in [2.75, 3.05) is 0 Å². The van der Waals surface area contributed by atoms with Gasteiger partial charge in [-0.2, -0.15) is 22.0 Å². The average molecular weight is 681 g/mol. The third-order valence-corrected chi connectivity index (χ3v) is 7.04. The van der Waals surface area contributed by atoms with Crippen molar-refractivity contribution in [2.45, 2.75) is 25.1 Å². The van der Waals surface area contributed by atoms with E-state index in [0.717, 1.165) is 30.2 Å². The van der Waals surface area contributed by atoms with Gasteiger partial charge >= 0.3 is 12.3 Å². The van der Waals surface area contributed by atoms with Crippen molar-refractivity contribution in [1.82, 2.24) is 9.97 Å². The van der Waals surface area contributed by atoms with Crippen LogP contribution in [0, 0.1) is 34.9 Å². The van der Waals surface area contributed by atoms with Gasteiger partial charge in [0.25, 0.3) is 0 Å². The molecule has 0 aliphatic carbocycles. The summed E-state index contributed by atoms with van der Waals surface area (Å²) in [4.78, 5) is 8.45. The molecule has 0 saturated carbocycles. The molecule has 0 atom stereocenters. The highest BCUT2D eigenvalue weighted by atomic mass is 19.4. The van der Waals surface area contributed by atoms with E-state index in [4.69, 9.17) is 0 Å². The Labute approximate surface area is 265 Å². The molecule has 0 aliphatic heterocycles. The highest BCUT2D eigenvalue weighted by Crippen LogP contribution is 2.41. The van der Waals surface area contributed by atoms with Crippen molar-refractivity contribution in [2.24, 2.45) is 0 Å². The number of hydrogen-bond acceptors (Lipinski definition) is 3. The van der Waals surface area contributed by atoms with Crippen molar-refractivity contribution < 1.29 is 53.0 Å². The lowest BCUT2D eigenvalue weighted by Gasteiger charge is -2.21. The quantitative estimate of drug-likeness (QED) is 0.115. The molecule has 0 aliphatic rings. The van der Waals surface area contributed by atoms with Crippen LogP contribution in [0.5, 0.6) is 5.75 Å². The van der Waals surface area contributed by atoms with Crippen LogP contribution in [0.3, 0.4) is 0 Å². The first-order chi connectivity index (χ1) is 22.6. The Bertz CT molecular complexity index is 1960. The molecule has 0 bridgehead atoms. The standard InChI is InChI=1S/C34H19F11N2O/c1-2-3-4-17-15-46-32(47-16-17)19-6-8-22(25(36)10-19)18-5-7-23(24(35)9-18)20-11-26(37)31(27(38)12-20)34(44,45)48-21-13-28(39)30(29(40)14-21)33(41,42)43/h2,5-16H,1,3-4H2. The van der Waals surface area contributed by atoms with Gasteiger partial charge in [0, 0.05) is 41.2 Å². The van der Waals surface area contributed by atoms with Crippen LogP contribution in [0.15, 0.2) is 85.7 Å². The first-order valence-electron chi connectivity index (χ1n) is 13.7. The lowest BCUT2D eigenvalue weighted by Crippen LogP contribution is -2.25. The van der Waals surface area contributed by atoms with E-state index in [0.29, 0.717) is 24.1 Å². The summed E-state index contributed by atoms with van der Waals surface area (Å²) < 4.78 is 160. The Morgan fingerprint density at radius 3 is 1.60 bits per heavy atom. The van der Waals surface area contributed by atoms with Crippen LogP contribution in [0.1, 0.15) is 23.1 Å². The fraction of sp³-hybridized carbons (Fsp3) is 0.118. The number of rotatable bonds is 9. The molecule has 3 nitrogen and oxygen atoms in total. The maximum Gasteiger partial charge on any atom is 0.432 e. The fourth-order valence-corrected chi connectivity index (χ4v) is 4.79. The summed E-state index contributed by atoms with van der Waals surface area (Å²) in [5, 5.41) is 0. The Balaban J connectivity index is 1.39. The molecular weight excluding hydrogens is 661 g/mol. The van der Waals surface area contributed by atoms with E-state index in [-0.39, 0.29) is 29.1 Å². The number of aromatic nitrogens is 2. The molecular formula is C34H19F11N2O. The van der Waals surface area contributed by atoms with Crippen LogP contribution in [-0.2, 0) is 18.7 Å². The summed E-state index contributed by atoms with van der Waals surface area (Å²) in [5.74, 6) is -11.7. The summed E-state index contributed by atoms with van der Waals surface area (Å²) in [5.41, 5.74) is -4.32. The summed E-state index contributed by atoms with van der Waals surface area (Å²) in [6, 6.07) is 7.27. The summed E-state index contributed by atoms with van der Waals surface area (Å²) >= 11 is 0. The van der Waals surface area contributed by atoms with E-state index < -0.39 is 75.2 Å². The number of hydrogen-bond donors (Lipinski definition) is 0. The second-order valence-corrected chi connectivity index (χ2v) is 10.3. The monoisotopic (exact) mass is 680 g/mol. The minimum Gasteiger partial charge on any atom is -0.429 e. The predicted molar refractivity (Wildman–Crippen MR) is 153 cm³/mol. The van der Waals surface area contributed by atoms with Gasteiger partial charge < -0.3 is 4.74 Å². The molecule has 248 valence electrons. The largest absolute Gasteiger partial charge is 0.432 e. The van der Waals surface area contributed by atoms with E-state index in [9.17, 15) is 39.5 Å². The Morgan fingerprint density at radius 2 is 1.08 bits per heavy atom. The van der Waals surface area contributed by atoms with Crippen molar-refractivity contribution in [3.8, 4) is 39.4 Å². The van der Waals surface area contributed by atoms with Crippen LogP contribution >= 0.6 is 0 Å². The number of alkyl halides is 5. The van der Waals surface area contributed by atoms with Gasteiger partial charge in [-0.05, 0) is 53.8 Å². The van der Waals surface area contributed by atoms with E-state index in [1.165, 1.54) is 18.2 Å². The van der Waals surface area contributed by atoms with Gasteiger partial charge in [0.2, 0.25) is 0 Å². The summed E-state index contributed by atoms with van der Waals surface area (Å²) in [7, 11) is 0. The maximum absolute atomic E-state index is 15.2. The SMILES string of the molecule is C=CCCc1cnc(-c2ccc(-c3ccc(-c4cc(F)c(C(F)(F)Oc5cc(F)c(C(F)(F)F)c(F)c5)c(F)c4)c(F)c3)c(F)c2)nc1. The smallest absolute Gasteiger partial charge is 0.429 e. The zero-order valence-corrected chi connectivity index (χ0v) is 24.1. The van der Waals surface area contributed by atoms with E-state index >= 15 is 8.78 Å². The fourth-order valence-electron chi connectivity index (χ4n) is 4.79. The molecule has 0 N–H and O–H groups in total. The second-order valence-electron chi connectivity index (χ2n) is 10.3. The highest BCUT2D eigenvalue weighted by molar-refractivity contribution is 5.73. The van der Waals surface area contributed by atoms with Crippen LogP contribution in [0.25, 0.3) is 33.6 Å². The topological polar surface area (TPSA) is 35.0 Å². The lowest BCUT2D eigenvalue weighted by molar-refractivity contribution is -0.189. The van der Waals surface area contributed by atoms with Gasteiger partial charge in [-0.3, -0.25) is 0 Å². The molecule has 48 heavy (non-hydrogen) atoms. The molecule has 0 unspecified atom stereocenters. The number of aryl methyl sites for hydroxylation is 1. The van der Waals surface area contributed by atoms with Crippen LogP contribution in [0.4, 0.5) is 48.3 Å². The number of ether oxygens (including phenoxy) is 1. The van der Waals surface area contributed by atoms with Gasteiger partial charge in [-0.25, -0.2) is 36.3 Å². The van der Waals surface area contributed by atoms with Gasteiger partial charge in [0.1, 0.15) is 51.8 Å². The van der Waals surface area contributed by atoms with Gasteiger partial charge in [-0.15, -0.1) is 6.58 Å². The first kappa shape index (κ1) is 34.1. The zero-order chi connectivity index (χ0) is 35.0.